The molecule has 2 aromatic heterocycles. The van der Waals surface area contributed by atoms with Gasteiger partial charge in [0.25, 0.3) is 0 Å². The molecule has 168 valence electrons. The summed E-state index contributed by atoms with van der Waals surface area (Å²) in [6.45, 7) is 4.35. The number of hydrogen-bond donors (Lipinski definition) is 2. The molecular weight excluding hydrogens is 534 g/mol. The van der Waals surface area contributed by atoms with Crippen LogP contribution in [-0.4, -0.2) is 38.4 Å². The van der Waals surface area contributed by atoms with Crippen molar-refractivity contribution in [3.8, 4) is 0 Å². The molecule has 0 saturated heterocycles. The molecule has 0 fully saturated rings. The molecule has 0 radical (unpaired) electrons. The molecule has 3 heterocycles. The average molecular weight is 559 g/mol. The summed E-state index contributed by atoms with van der Waals surface area (Å²) < 4.78 is 41.1. The highest BCUT2D eigenvalue weighted by molar-refractivity contribution is 14.0. The van der Waals surface area contributed by atoms with E-state index in [1.807, 2.05) is 6.92 Å². The van der Waals surface area contributed by atoms with Crippen LogP contribution in [0.2, 0.25) is 0 Å². The number of aromatic nitrogens is 4. The predicted octanol–water partition coefficient (Wildman–Crippen LogP) is 2.62. The van der Waals surface area contributed by atoms with Crippen molar-refractivity contribution in [2.45, 2.75) is 58.4 Å². The molecule has 0 aliphatic carbocycles. The van der Waals surface area contributed by atoms with E-state index >= 15 is 0 Å². The fourth-order valence-corrected chi connectivity index (χ4v) is 3.76. The van der Waals surface area contributed by atoms with Crippen LogP contribution in [0.4, 0.5) is 13.2 Å². The van der Waals surface area contributed by atoms with Gasteiger partial charge in [-0.2, -0.15) is 18.3 Å². The number of thiazole rings is 1. The van der Waals surface area contributed by atoms with Crippen LogP contribution in [0.5, 0.6) is 0 Å². The van der Waals surface area contributed by atoms with Gasteiger partial charge in [0.1, 0.15) is 10.8 Å². The second-order valence-electron chi connectivity index (χ2n) is 6.63. The van der Waals surface area contributed by atoms with Crippen molar-refractivity contribution in [3.05, 3.63) is 32.4 Å². The first kappa shape index (κ1) is 24.6. The minimum Gasteiger partial charge on any atom is -0.357 e. The highest BCUT2D eigenvalue weighted by Crippen LogP contribution is 2.30. The van der Waals surface area contributed by atoms with Gasteiger partial charge in [0.15, 0.2) is 11.7 Å². The van der Waals surface area contributed by atoms with E-state index in [9.17, 15) is 18.0 Å². The van der Waals surface area contributed by atoms with Crippen LogP contribution < -0.4 is 16.3 Å². The van der Waals surface area contributed by atoms with Crippen LogP contribution in [0.25, 0.3) is 0 Å². The molecule has 2 N–H and O–H groups in total. The zero-order valence-corrected chi connectivity index (χ0v) is 19.7. The van der Waals surface area contributed by atoms with Crippen LogP contribution >= 0.6 is 35.3 Å². The summed E-state index contributed by atoms with van der Waals surface area (Å²) in [4.78, 5) is 20.2. The molecule has 0 atom stereocenters. The van der Waals surface area contributed by atoms with Crippen LogP contribution in [-0.2, 0) is 32.2 Å². The Kier molecular flexibility index (Phi) is 9.12. The Morgan fingerprint density at radius 3 is 2.80 bits per heavy atom. The molecule has 13 heteroatoms. The van der Waals surface area contributed by atoms with Crippen molar-refractivity contribution >= 4 is 41.3 Å². The largest absolute Gasteiger partial charge is 0.434 e. The second kappa shape index (κ2) is 11.1. The fraction of sp³-hybridized carbons (Fsp3) is 0.647. The van der Waals surface area contributed by atoms with Gasteiger partial charge in [-0.05, 0) is 26.2 Å². The topological polar surface area (TPSA) is 89.1 Å². The Morgan fingerprint density at radius 2 is 2.13 bits per heavy atom. The molecule has 0 bridgehead atoms. The maximum absolute atomic E-state index is 12.6. The summed E-state index contributed by atoms with van der Waals surface area (Å²) in [5, 5.41) is 11.9. The lowest BCUT2D eigenvalue weighted by Gasteiger charge is -2.10. The lowest BCUT2D eigenvalue weighted by Crippen LogP contribution is -2.38. The number of rotatable bonds is 7. The Hall–Kier alpha value is -1.64. The molecule has 0 amide bonds. The van der Waals surface area contributed by atoms with Gasteiger partial charge in [-0.3, -0.25) is 4.57 Å². The zero-order chi connectivity index (χ0) is 20.9. The fourth-order valence-electron chi connectivity index (χ4n) is 3.03. The number of hydrogen-bond acceptors (Lipinski definition) is 5. The van der Waals surface area contributed by atoms with Crippen LogP contribution in [0.15, 0.2) is 15.2 Å². The maximum atomic E-state index is 12.6. The minimum absolute atomic E-state index is 0. The van der Waals surface area contributed by atoms with E-state index in [0.29, 0.717) is 37.0 Å². The number of guanidine groups is 1. The van der Waals surface area contributed by atoms with Crippen molar-refractivity contribution in [1.82, 2.24) is 30.0 Å². The normalized spacial score (nSPS) is 14.2. The van der Waals surface area contributed by atoms with Gasteiger partial charge in [-0.15, -0.1) is 35.3 Å². The van der Waals surface area contributed by atoms with Crippen molar-refractivity contribution in [3.63, 3.8) is 0 Å². The molecular formula is C17H25F3IN7OS. The van der Waals surface area contributed by atoms with Crippen molar-refractivity contribution < 1.29 is 13.2 Å². The predicted molar refractivity (Wildman–Crippen MR) is 119 cm³/mol. The van der Waals surface area contributed by atoms with Gasteiger partial charge < -0.3 is 10.6 Å². The van der Waals surface area contributed by atoms with Crippen molar-refractivity contribution in [2.75, 3.05) is 13.1 Å². The third-order valence-corrected chi connectivity index (χ3v) is 5.26. The molecule has 8 nitrogen and oxygen atoms in total. The molecule has 0 aromatic carbocycles. The van der Waals surface area contributed by atoms with E-state index in [0.717, 1.165) is 48.3 Å². The lowest BCUT2D eigenvalue weighted by molar-refractivity contribution is -0.140. The maximum Gasteiger partial charge on any atom is 0.434 e. The number of alkyl halides is 3. The van der Waals surface area contributed by atoms with E-state index in [-0.39, 0.29) is 36.2 Å². The number of halogens is 4. The van der Waals surface area contributed by atoms with Gasteiger partial charge in [0, 0.05) is 38.0 Å². The number of aryl methyl sites for hydroxylation is 2. The van der Waals surface area contributed by atoms with Gasteiger partial charge in [-0.25, -0.2) is 19.5 Å². The molecule has 0 unspecified atom stereocenters. The van der Waals surface area contributed by atoms with Crippen molar-refractivity contribution in [2.24, 2.45) is 4.99 Å². The Labute approximate surface area is 193 Å². The van der Waals surface area contributed by atoms with Crippen LogP contribution in [0, 0.1) is 0 Å². The first-order valence-electron chi connectivity index (χ1n) is 9.58. The van der Waals surface area contributed by atoms with Crippen LogP contribution in [0.1, 0.15) is 42.7 Å². The quantitative estimate of drug-likeness (QED) is 0.236. The van der Waals surface area contributed by atoms with Crippen LogP contribution in [0.3, 0.4) is 0 Å². The van der Waals surface area contributed by atoms with Crippen molar-refractivity contribution in [1.29, 1.82) is 0 Å². The summed E-state index contributed by atoms with van der Waals surface area (Å²) in [5.74, 6) is 1.35. The van der Waals surface area contributed by atoms with Gasteiger partial charge in [0.05, 0.1) is 6.54 Å². The molecule has 2 aromatic rings. The van der Waals surface area contributed by atoms with Gasteiger partial charge >= 0.3 is 11.9 Å². The second-order valence-corrected chi connectivity index (χ2v) is 7.57. The third kappa shape index (κ3) is 6.43. The Bertz CT molecular complexity index is 906. The smallest absolute Gasteiger partial charge is 0.357 e. The summed E-state index contributed by atoms with van der Waals surface area (Å²) in [5.41, 5.74) is -0.955. The molecule has 3 rings (SSSR count). The van der Waals surface area contributed by atoms with Gasteiger partial charge in [-0.1, -0.05) is 0 Å². The highest BCUT2D eigenvalue weighted by Gasteiger charge is 2.33. The standard InChI is InChI=1S/C17H24F3N7OS.HI/c1-2-21-15(23-10-14-24-12(11-29-14)17(18,19)20)22-7-5-9-27-16(28)26-8-4-3-6-13(26)25-27;/h11H,2-10H2,1H3,(H2,21,22,23);1H. The Balaban J connectivity index is 0.00000320. The van der Waals surface area contributed by atoms with E-state index in [4.69, 9.17) is 0 Å². The summed E-state index contributed by atoms with van der Waals surface area (Å²) in [6, 6.07) is 0. The van der Waals surface area contributed by atoms with Gasteiger partial charge in [0.2, 0.25) is 0 Å². The van der Waals surface area contributed by atoms with E-state index in [1.165, 1.54) is 4.68 Å². The molecule has 0 spiro atoms. The number of nitrogens with zero attached hydrogens (tertiary/aromatic N) is 5. The third-order valence-electron chi connectivity index (χ3n) is 4.43. The average Bonchev–Trinajstić information content (AvgIpc) is 3.28. The SMILES string of the molecule is CCNC(=NCc1nc(C(F)(F)F)cs1)NCCCn1nc2n(c1=O)CCCC2.I. The number of nitrogens with one attached hydrogen (secondary N) is 2. The lowest BCUT2D eigenvalue weighted by atomic mass is 10.2. The number of aliphatic imine (C=N–C) groups is 1. The minimum atomic E-state index is -4.44. The van der Waals surface area contributed by atoms with E-state index in [2.05, 4.69) is 25.7 Å². The summed E-state index contributed by atoms with van der Waals surface area (Å²) in [6.07, 6.45) is -0.872. The first-order chi connectivity index (χ1) is 13.9. The Morgan fingerprint density at radius 1 is 1.33 bits per heavy atom. The molecule has 0 saturated carbocycles. The highest BCUT2D eigenvalue weighted by atomic mass is 127. The number of fused-ring (bicyclic) bond motifs is 1. The monoisotopic (exact) mass is 559 g/mol. The van der Waals surface area contributed by atoms with E-state index < -0.39 is 11.9 Å². The summed E-state index contributed by atoms with van der Waals surface area (Å²) in [7, 11) is 0. The first-order valence-corrected chi connectivity index (χ1v) is 10.5. The molecule has 1 aliphatic rings. The summed E-state index contributed by atoms with van der Waals surface area (Å²) >= 11 is 0.934. The zero-order valence-electron chi connectivity index (χ0n) is 16.5. The van der Waals surface area contributed by atoms with E-state index in [1.54, 1.807) is 4.57 Å². The molecule has 1 aliphatic heterocycles. The molecule has 30 heavy (non-hydrogen) atoms.